The summed E-state index contributed by atoms with van der Waals surface area (Å²) in [6, 6.07) is 8.82. The van der Waals surface area contributed by atoms with Crippen molar-refractivity contribution in [2.24, 2.45) is 5.92 Å². The molecule has 0 spiro atoms. The molecule has 22 heavy (non-hydrogen) atoms. The molecule has 1 saturated carbocycles. The predicted octanol–water partition coefficient (Wildman–Crippen LogP) is 4.31. The first-order valence-electron chi connectivity index (χ1n) is 7.01. The lowest BCUT2D eigenvalue weighted by Gasteiger charge is -2.07. The molecule has 1 aromatic heterocycles. The standard InChI is InChI=1S/C16H15ClN2O2S/c1-9-2-5-11(17)8-12(9)18-16(21)13-6-7-14(22-13)19-15(20)10-3-4-10/h2,5-8,10H,3-4H2,1H3,(H,18,21)(H,19,20). The Bertz CT molecular complexity index is 737. The monoisotopic (exact) mass is 334 g/mol. The van der Waals surface area contributed by atoms with Crippen molar-refractivity contribution in [1.29, 1.82) is 0 Å². The zero-order chi connectivity index (χ0) is 15.7. The quantitative estimate of drug-likeness (QED) is 0.875. The second-order valence-electron chi connectivity index (χ2n) is 5.34. The van der Waals surface area contributed by atoms with Crippen molar-refractivity contribution in [1.82, 2.24) is 0 Å². The maximum atomic E-state index is 12.3. The number of benzene rings is 1. The highest BCUT2D eigenvalue weighted by Gasteiger charge is 2.29. The molecule has 2 aromatic rings. The number of amides is 2. The van der Waals surface area contributed by atoms with Crippen molar-refractivity contribution in [3.05, 3.63) is 45.8 Å². The summed E-state index contributed by atoms with van der Waals surface area (Å²) < 4.78 is 0. The van der Waals surface area contributed by atoms with Gasteiger partial charge in [-0.3, -0.25) is 9.59 Å². The van der Waals surface area contributed by atoms with Crippen LogP contribution in [0.4, 0.5) is 10.7 Å². The summed E-state index contributed by atoms with van der Waals surface area (Å²) in [5, 5.41) is 6.96. The van der Waals surface area contributed by atoms with Crippen LogP contribution in [0.1, 0.15) is 28.1 Å². The van der Waals surface area contributed by atoms with Gasteiger partial charge in [-0.2, -0.15) is 0 Å². The van der Waals surface area contributed by atoms with Crippen LogP contribution in [-0.2, 0) is 4.79 Å². The number of halogens is 1. The molecule has 1 aliphatic carbocycles. The minimum Gasteiger partial charge on any atom is -0.321 e. The van der Waals surface area contributed by atoms with Crippen molar-refractivity contribution in [2.75, 3.05) is 10.6 Å². The first-order valence-corrected chi connectivity index (χ1v) is 8.20. The van der Waals surface area contributed by atoms with E-state index >= 15 is 0 Å². The van der Waals surface area contributed by atoms with E-state index in [4.69, 9.17) is 11.6 Å². The summed E-state index contributed by atoms with van der Waals surface area (Å²) in [6.07, 6.45) is 1.91. The van der Waals surface area contributed by atoms with Crippen LogP contribution in [0.5, 0.6) is 0 Å². The van der Waals surface area contributed by atoms with Crippen molar-refractivity contribution in [3.63, 3.8) is 0 Å². The van der Waals surface area contributed by atoms with Crippen LogP contribution in [-0.4, -0.2) is 11.8 Å². The van der Waals surface area contributed by atoms with Gasteiger partial charge in [0, 0.05) is 16.6 Å². The number of hydrogen-bond acceptors (Lipinski definition) is 3. The van der Waals surface area contributed by atoms with Crippen LogP contribution in [0.25, 0.3) is 0 Å². The third-order valence-corrected chi connectivity index (χ3v) is 4.71. The highest BCUT2D eigenvalue weighted by atomic mass is 35.5. The molecule has 0 atom stereocenters. The average Bonchev–Trinajstić information content (AvgIpc) is 3.23. The molecule has 0 radical (unpaired) electrons. The number of thiophene rings is 1. The van der Waals surface area contributed by atoms with E-state index in [0.717, 1.165) is 18.4 Å². The van der Waals surface area contributed by atoms with Gasteiger partial charge >= 0.3 is 0 Å². The number of nitrogens with one attached hydrogen (secondary N) is 2. The van der Waals surface area contributed by atoms with E-state index in [1.807, 2.05) is 13.0 Å². The molecule has 0 aliphatic heterocycles. The van der Waals surface area contributed by atoms with Gasteiger partial charge in [-0.15, -0.1) is 11.3 Å². The molecule has 0 unspecified atom stereocenters. The van der Waals surface area contributed by atoms with E-state index in [2.05, 4.69) is 10.6 Å². The number of aryl methyl sites for hydroxylation is 1. The molecule has 2 N–H and O–H groups in total. The predicted molar refractivity (Wildman–Crippen MR) is 89.8 cm³/mol. The summed E-state index contributed by atoms with van der Waals surface area (Å²) >= 11 is 7.21. The zero-order valence-corrected chi connectivity index (χ0v) is 13.6. The van der Waals surface area contributed by atoms with Gasteiger partial charge < -0.3 is 10.6 Å². The lowest BCUT2D eigenvalue weighted by molar-refractivity contribution is -0.117. The van der Waals surface area contributed by atoms with E-state index in [9.17, 15) is 9.59 Å². The van der Waals surface area contributed by atoms with E-state index < -0.39 is 0 Å². The van der Waals surface area contributed by atoms with Gasteiger partial charge in [-0.25, -0.2) is 0 Å². The van der Waals surface area contributed by atoms with Gasteiger partial charge in [0.15, 0.2) is 0 Å². The second-order valence-corrected chi connectivity index (χ2v) is 6.86. The molecule has 4 nitrogen and oxygen atoms in total. The zero-order valence-electron chi connectivity index (χ0n) is 12.0. The molecule has 1 aromatic carbocycles. The van der Waals surface area contributed by atoms with E-state index in [1.165, 1.54) is 11.3 Å². The van der Waals surface area contributed by atoms with Gasteiger partial charge in [-0.05, 0) is 49.6 Å². The topological polar surface area (TPSA) is 58.2 Å². The van der Waals surface area contributed by atoms with E-state index in [1.54, 1.807) is 24.3 Å². The number of hydrogen-bond donors (Lipinski definition) is 2. The molecule has 2 amide bonds. The fourth-order valence-corrected chi connectivity index (χ4v) is 2.99. The molecule has 114 valence electrons. The molecule has 0 bridgehead atoms. The summed E-state index contributed by atoms with van der Waals surface area (Å²) in [5.74, 6) is -0.0183. The van der Waals surface area contributed by atoms with Gasteiger partial charge in [-0.1, -0.05) is 17.7 Å². The molecule has 1 heterocycles. The number of carbonyl (C=O) groups excluding carboxylic acids is 2. The molecular weight excluding hydrogens is 320 g/mol. The third-order valence-electron chi connectivity index (χ3n) is 3.47. The molecule has 1 fully saturated rings. The van der Waals surface area contributed by atoms with Crippen molar-refractivity contribution in [2.45, 2.75) is 19.8 Å². The lowest BCUT2D eigenvalue weighted by atomic mass is 10.2. The highest BCUT2D eigenvalue weighted by molar-refractivity contribution is 7.18. The number of rotatable bonds is 4. The Morgan fingerprint density at radius 2 is 1.95 bits per heavy atom. The Morgan fingerprint density at radius 1 is 1.18 bits per heavy atom. The summed E-state index contributed by atoms with van der Waals surface area (Å²) in [5.41, 5.74) is 1.63. The molecule has 0 saturated heterocycles. The molecule has 6 heteroatoms. The minimum atomic E-state index is -0.206. The number of carbonyl (C=O) groups is 2. The van der Waals surface area contributed by atoms with Gasteiger partial charge in [0.05, 0.1) is 9.88 Å². The molecule has 3 rings (SSSR count). The van der Waals surface area contributed by atoms with Gasteiger partial charge in [0.1, 0.15) is 0 Å². The number of anilines is 2. The van der Waals surface area contributed by atoms with Crippen molar-refractivity contribution in [3.8, 4) is 0 Å². The van der Waals surface area contributed by atoms with Crippen LogP contribution in [0.3, 0.4) is 0 Å². The Hall–Kier alpha value is -1.85. The Labute approximate surface area is 137 Å². The second kappa shape index (κ2) is 6.10. The Balaban J connectivity index is 1.68. The summed E-state index contributed by atoms with van der Waals surface area (Å²) in [6.45, 7) is 1.90. The first kappa shape index (κ1) is 15.1. The van der Waals surface area contributed by atoms with Crippen LogP contribution < -0.4 is 10.6 Å². The van der Waals surface area contributed by atoms with Crippen molar-refractivity contribution < 1.29 is 9.59 Å². The van der Waals surface area contributed by atoms with Crippen LogP contribution in [0.15, 0.2) is 30.3 Å². The van der Waals surface area contributed by atoms with E-state index in [0.29, 0.717) is 20.6 Å². The minimum absolute atomic E-state index is 0.0412. The SMILES string of the molecule is Cc1ccc(Cl)cc1NC(=O)c1ccc(NC(=O)C2CC2)s1. The fourth-order valence-electron chi connectivity index (χ4n) is 2.01. The van der Waals surface area contributed by atoms with E-state index in [-0.39, 0.29) is 17.7 Å². The van der Waals surface area contributed by atoms with Crippen LogP contribution >= 0.6 is 22.9 Å². The van der Waals surface area contributed by atoms with Gasteiger partial charge in [0.2, 0.25) is 5.91 Å². The smallest absolute Gasteiger partial charge is 0.265 e. The summed E-state index contributed by atoms with van der Waals surface area (Å²) in [4.78, 5) is 24.5. The largest absolute Gasteiger partial charge is 0.321 e. The molecular formula is C16H15ClN2O2S. The lowest BCUT2D eigenvalue weighted by Crippen LogP contribution is -2.12. The summed E-state index contributed by atoms with van der Waals surface area (Å²) in [7, 11) is 0. The first-order chi connectivity index (χ1) is 10.5. The highest BCUT2D eigenvalue weighted by Crippen LogP contribution is 2.32. The Morgan fingerprint density at radius 3 is 2.68 bits per heavy atom. The molecule has 1 aliphatic rings. The Kier molecular flexibility index (Phi) is 4.18. The van der Waals surface area contributed by atoms with Crippen LogP contribution in [0.2, 0.25) is 5.02 Å². The van der Waals surface area contributed by atoms with Gasteiger partial charge in [0.25, 0.3) is 5.91 Å². The maximum Gasteiger partial charge on any atom is 0.265 e. The average molecular weight is 335 g/mol. The maximum absolute atomic E-state index is 12.3. The normalized spacial score (nSPS) is 13.7. The van der Waals surface area contributed by atoms with Crippen molar-refractivity contribution >= 4 is 45.4 Å². The fraction of sp³-hybridized carbons (Fsp3) is 0.250. The third kappa shape index (κ3) is 3.48. The van der Waals surface area contributed by atoms with Crippen LogP contribution in [0, 0.1) is 12.8 Å².